The van der Waals surface area contributed by atoms with E-state index in [0.717, 1.165) is 10.0 Å². The van der Waals surface area contributed by atoms with Crippen LogP contribution in [-0.2, 0) is 14.3 Å². The van der Waals surface area contributed by atoms with E-state index in [-0.39, 0.29) is 5.82 Å². The van der Waals surface area contributed by atoms with Gasteiger partial charge in [-0.25, -0.2) is 9.18 Å². The van der Waals surface area contributed by atoms with Crippen LogP contribution in [0.25, 0.3) is 6.08 Å². The van der Waals surface area contributed by atoms with E-state index in [2.05, 4.69) is 21.2 Å². The Morgan fingerprint density at radius 1 is 1.21 bits per heavy atom. The lowest BCUT2D eigenvalue weighted by molar-refractivity contribution is -0.142. The van der Waals surface area contributed by atoms with Crippen LogP contribution >= 0.6 is 15.9 Å². The lowest BCUT2D eigenvalue weighted by Gasteiger charge is -2.08. The van der Waals surface area contributed by atoms with Crippen LogP contribution in [-0.4, -0.2) is 18.5 Å². The number of carbonyl (C=O) groups excluding carboxylic acids is 2. The third-order valence-corrected chi connectivity index (χ3v) is 3.68. The molecule has 24 heavy (non-hydrogen) atoms. The number of anilines is 1. The van der Waals surface area contributed by atoms with E-state index in [4.69, 9.17) is 4.74 Å². The average molecular weight is 392 g/mol. The number of carbonyl (C=O) groups is 2. The topological polar surface area (TPSA) is 55.4 Å². The van der Waals surface area contributed by atoms with Crippen LogP contribution in [0.15, 0.2) is 53.0 Å². The standard InChI is InChI=1S/C18H15BrFNO3/c1-12-2-8-16(15(19)10-12)21-17(22)11-24-18(23)9-5-13-3-6-14(20)7-4-13/h2-10H,11H2,1H3,(H,21,22)/b9-5+. The highest BCUT2D eigenvalue weighted by Crippen LogP contribution is 2.23. The minimum absolute atomic E-state index is 0.353. The van der Waals surface area contributed by atoms with Gasteiger partial charge in [0.15, 0.2) is 6.61 Å². The van der Waals surface area contributed by atoms with Gasteiger partial charge in [-0.05, 0) is 64.3 Å². The maximum atomic E-state index is 12.8. The van der Waals surface area contributed by atoms with E-state index in [1.54, 1.807) is 6.07 Å². The van der Waals surface area contributed by atoms with Gasteiger partial charge in [0, 0.05) is 10.5 Å². The van der Waals surface area contributed by atoms with Crippen LogP contribution < -0.4 is 5.32 Å². The second-order valence-electron chi connectivity index (χ2n) is 5.02. The van der Waals surface area contributed by atoms with Gasteiger partial charge in [-0.2, -0.15) is 0 Å². The van der Waals surface area contributed by atoms with Crippen molar-refractivity contribution in [3.8, 4) is 0 Å². The number of amides is 1. The molecule has 0 heterocycles. The molecular formula is C18H15BrFNO3. The smallest absolute Gasteiger partial charge is 0.331 e. The number of nitrogens with one attached hydrogen (secondary N) is 1. The van der Waals surface area contributed by atoms with E-state index in [1.165, 1.54) is 36.4 Å². The van der Waals surface area contributed by atoms with Crippen molar-refractivity contribution in [1.82, 2.24) is 0 Å². The summed E-state index contributed by atoms with van der Waals surface area (Å²) < 4.78 is 18.4. The SMILES string of the molecule is Cc1ccc(NC(=O)COC(=O)/C=C/c2ccc(F)cc2)c(Br)c1. The summed E-state index contributed by atoms with van der Waals surface area (Å²) >= 11 is 3.35. The Hall–Kier alpha value is -2.47. The summed E-state index contributed by atoms with van der Waals surface area (Å²) in [6.45, 7) is 1.54. The van der Waals surface area contributed by atoms with Crippen molar-refractivity contribution in [2.45, 2.75) is 6.92 Å². The molecule has 1 amide bonds. The van der Waals surface area contributed by atoms with Crippen LogP contribution in [0.4, 0.5) is 10.1 Å². The number of aryl methyl sites for hydroxylation is 1. The molecule has 2 aromatic carbocycles. The van der Waals surface area contributed by atoms with E-state index < -0.39 is 18.5 Å². The molecule has 0 radical (unpaired) electrons. The molecule has 0 aromatic heterocycles. The Morgan fingerprint density at radius 2 is 1.92 bits per heavy atom. The number of benzene rings is 2. The van der Waals surface area contributed by atoms with Gasteiger partial charge in [-0.15, -0.1) is 0 Å². The average Bonchev–Trinajstić information content (AvgIpc) is 2.55. The van der Waals surface area contributed by atoms with Crippen molar-refractivity contribution in [2.24, 2.45) is 0 Å². The van der Waals surface area contributed by atoms with E-state index in [9.17, 15) is 14.0 Å². The summed E-state index contributed by atoms with van der Waals surface area (Å²) in [4.78, 5) is 23.4. The minimum atomic E-state index is -0.655. The molecule has 0 saturated carbocycles. The molecule has 0 atom stereocenters. The molecule has 2 aromatic rings. The highest BCUT2D eigenvalue weighted by Gasteiger charge is 2.08. The number of hydrogen-bond acceptors (Lipinski definition) is 3. The summed E-state index contributed by atoms with van der Waals surface area (Å²) in [7, 11) is 0. The molecule has 0 fully saturated rings. The van der Waals surface area contributed by atoms with Gasteiger partial charge in [0.05, 0.1) is 5.69 Å². The Kier molecular flexibility index (Phi) is 6.26. The summed E-state index contributed by atoms with van der Waals surface area (Å²) in [6, 6.07) is 11.1. The van der Waals surface area contributed by atoms with E-state index >= 15 is 0 Å². The number of esters is 1. The van der Waals surface area contributed by atoms with Crippen molar-refractivity contribution in [3.05, 3.63) is 70.0 Å². The van der Waals surface area contributed by atoms with Gasteiger partial charge in [0.2, 0.25) is 0 Å². The van der Waals surface area contributed by atoms with Gasteiger partial charge in [-0.3, -0.25) is 4.79 Å². The third-order valence-electron chi connectivity index (χ3n) is 3.03. The molecule has 0 aliphatic carbocycles. The third kappa shape index (κ3) is 5.62. The maximum absolute atomic E-state index is 12.8. The molecule has 0 spiro atoms. The van der Waals surface area contributed by atoms with Gasteiger partial charge >= 0.3 is 5.97 Å². The summed E-state index contributed by atoms with van der Waals surface area (Å²) in [5, 5.41) is 2.64. The van der Waals surface area contributed by atoms with Crippen LogP contribution in [0.1, 0.15) is 11.1 Å². The zero-order chi connectivity index (χ0) is 17.5. The lowest BCUT2D eigenvalue weighted by Crippen LogP contribution is -2.20. The second kappa shape index (κ2) is 8.40. The molecule has 2 rings (SSSR count). The minimum Gasteiger partial charge on any atom is -0.452 e. The molecule has 0 aliphatic rings. The fourth-order valence-electron chi connectivity index (χ4n) is 1.83. The monoisotopic (exact) mass is 391 g/mol. The quantitative estimate of drug-likeness (QED) is 0.616. The second-order valence-corrected chi connectivity index (χ2v) is 5.88. The van der Waals surface area contributed by atoms with Crippen LogP contribution in [0.5, 0.6) is 0 Å². The van der Waals surface area contributed by atoms with Crippen molar-refractivity contribution in [1.29, 1.82) is 0 Å². The Morgan fingerprint density at radius 3 is 2.58 bits per heavy atom. The first-order valence-electron chi connectivity index (χ1n) is 7.10. The van der Waals surface area contributed by atoms with Crippen LogP contribution in [0, 0.1) is 12.7 Å². The predicted octanol–water partition coefficient (Wildman–Crippen LogP) is 4.09. The zero-order valence-electron chi connectivity index (χ0n) is 12.9. The van der Waals surface area contributed by atoms with Crippen molar-refractivity contribution >= 4 is 39.6 Å². The van der Waals surface area contributed by atoms with E-state index in [1.807, 2.05) is 19.1 Å². The molecule has 4 nitrogen and oxygen atoms in total. The molecule has 0 unspecified atom stereocenters. The van der Waals surface area contributed by atoms with Crippen molar-refractivity contribution in [3.63, 3.8) is 0 Å². The first-order valence-corrected chi connectivity index (χ1v) is 7.90. The zero-order valence-corrected chi connectivity index (χ0v) is 14.5. The largest absolute Gasteiger partial charge is 0.452 e. The van der Waals surface area contributed by atoms with Crippen LogP contribution in [0.3, 0.4) is 0 Å². The molecule has 0 saturated heterocycles. The fraction of sp³-hybridized carbons (Fsp3) is 0.111. The molecule has 1 N–H and O–H groups in total. The molecule has 0 aliphatic heterocycles. The summed E-state index contributed by atoms with van der Waals surface area (Å²) in [5.41, 5.74) is 2.31. The van der Waals surface area contributed by atoms with Gasteiger partial charge in [0.1, 0.15) is 5.82 Å². The number of ether oxygens (including phenoxy) is 1. The van der Waals surface area contributed by atoms with Gasteiger partial charge in [0.25, 0.3) is 5.91 Å². The number of hydrogen-bond donors (Lipinski definition) is 1. The first kappa shape index (κ1) is 17.9. The Balaban J connectivity index is 1.82. The summed E-state index contributed by atoms with van der Waals surface area (Å²) in [5.74, 6) is -1.45. The number of halogens is 2. The highest BCUT2D eigenvalue weighted by atomic mass is 79.9. The normalized spacial score (nSPS) is 10.6. The number of rotatable bonds is 5. The summed E-state index contributed by atoms with van der Waals surface area (Å²) in [6.07, 6.45) is 2.67. The van der Waals surface area contributed by atoms with Gasteiger partial charge in [-0.1, -0.05) is 18.2 Å². The van der Waals surface area contributed by atoms with Crippen molar-refractivity contribution in [2.75, 3.05) is 11.9 Å². The Labute approximate surface area is 147 Å². The Bertz CT molecular complexity index is 772. The maximum Gasteiger partial charge on any atom is 0.331 e. The molecule has 0 bridgehead atoms. The highest BCUT2D eigenvalue weighted by molar-refractivity contribution is 9.10. The fourth-order valence-corrected chi connectivity index (χ4v) is 2.42. The molecular weight excluding hydrogens is 377 g/mol. The van der Waals surface area contributed by atoms with E-state index in [0.29, 0.717) is 11.3 Å². The van der Waals surface area contributed by atoms with Crippen LogP contribution in [0.2, 0.25) is 0 Å². The first-order chi connectivity index (χ1) is 11.4. The molecule has 124 valence electrons. The lowest BCUT2D eigenvalue weighted by atomic mass is 10.2. The molecule has 6 heteroatoms. The van der Waals surface area contributed by atoms with Crippen molar-refractivity contribution < 1.29 is 18.7 Å². The van der Waals surface area contributed by atoms with Gasteiger partial charge < -0.3 is 10.1 Å². The predicted molar refractivity (Wildman–Crippen MR) is 93.9 cm³/mol.